The van der Waals surface area contributed by atoms with Gasteiger partial charge in [0.15, 0.2) is 6.20 Å². The van der Waals surface area contributed by atoms with Gasteiger partial charge in [0, 0.05) is 0 Å². The van der Waals surface area contributed by atoms with Crippen LogP contribution in [0.5, 0.6) is 0 Å². The molecule has 0 saturated carbocycles. The van der Waals surface area contributed by atoms with Crippen molar-refractivity contribution in [2.24, 2.45) is 5.73 Å². The topological polar surface area (TPSA) is 30.4 Å². The van der Waals surface area contributed by atoms with Crippen molar-refractivity contribution in [3.8, 4) is 0 Å². The van der Waals surface area contributed by atoms with Crippen molar-refractivity contribution in [3.05, 3.63) is 23.8 Å². The Bertz CT molecular complexity index is 67.5. The summed E-state index contributed by atoms with van der Waals surface area (Å²) >= 11 is 0. The van der Waals surface area contributed by atoms with Gasteiger partial charge in [-0.25, -0.2) is 4.85 Å². The second-order valence-electron chi connectivity index (χ2n) is 0.471. The molecule has 0 rings (SSSR count). The van der Waals surface area contributed by atoms with Crippen molar-refractivity contribution in [3.63, 3.8) is 0 Å². The predicted octanol–water partition coefficient (Wildman–Crippen LogP) is 0.336. The minimum atomic E-state index is 1.19. The first-order chi connectivity index (χ1) is 2.41. The highest BCUT2D eigenvalue weighted by Gasteiger charge is 1.43. The Morgan fingerprint density at radius 3 is 2.40 bits per heavy atom. The van der Waals surface area contributed by atoms with Gasteiger partial charge in [-0.15, -0.1) is 0 Å². The molecule has 0 amide bonds. The van der Waals surface area contributed by atoms with Crippen molar-refractivity contribution in [2.75, 3.05) is 0 Å². The lowest BCUT2D eigenvalue weighted by Gasteiger charge is -1.54. The number of rotatable bonds is 0. The van der Waals surface area contributed by atoms with E-state index >= 15 is 0 Å². The highest BCUT2D eigenvalue weighted by Crippen LogP contribution is 1.58. The third kappa shape index (κ3) is 3.03. The lowest BCUT2D eigenvalue weighted by Crippen LogP contribution is -1.70. The fourth-order valence-corrected chi connectivity index (χ4v) is 0.0430. The van der Waals surface area contributed by atoms with E-state index in [9.17, 15) is 0 Å². The first kappa shape index (κ1) is 4.03. The maximum absolute atomic E-state index is 6.06. The largest absolute Gasteiger partial charge is 0.414 e. The minimum absolute atomic E-state index is 1.19. The lowest BCUT2D eigenvalue weighted by atomic mass is 11.0. The summed E-state index contributed by atoms with van der Waals surface area (Å²) in [6, 6.07) is 0. The molecular weight excluding hydrogens is 64.0 g/mol. The molecule has 0 aromatic heterocycles. The Kier molecular flexibility index (Phi) is 2.44. The standard InChI is InChI=1S/C3H4N2/c1-5-3-2-4/h2-3H,4H2/b3-2-. The van der Waals surface area contributed by atoms with Crippen LogP contribution in [-0.4, -0.2) is 0 Å². The maximum Gasteiger partial charge on any atom is 0.169 e. The van der Waals surface area contributed by atoms with Crippen LogP contribution in [0.1, 0.15) is 0 Å². The third-order valence-corrected chi connectivity index (χ3v) is 0.161. The molecule has 26 valence electrons. The summed E-state index contributed by atoms with van der Waals surface area (Å²) < 4.78 is 0. The molecule has 0 bridgehead atoms. The average molecular weight is 68.1 g/mol. The van der Waals surface area contributed by atoms with Crippen LogP contribution >= 0.6 is 0 Å². The maximum atomic E-state index is 6.06. The van der Waals surface area contributed by atoms with Gasteiger partial charge in [-0.05, 0) is 6.20 Å². The van der Waals surface area contributed by atoms with Crippen molar-refractivity contribution >= 4 is 0 Å². The zero-order chi connectivity index (χ0) is 4.12. The molecular formula is C3H4N2. The molecule has 5 heavy (non-hydrogen) atoms. The zero-order valence-corrected chi connectivity index (χ0v) is 2.68. The Morgan fingerprint density at radius 2 is 2.40 bits per heavy atom. The molecule has 2 nitrogen and oxygen atoms in total. The van der Waals surface area contributed by atoms with E-state index in [-0.39, 0.29) is 0 Å². The lowest BCUT2D eigenvalue weighted by molar-refractivity contribution is 1.60. The summed E-state index contributed by atoms with van der Waals surface area (Å²) in [7, 11) is 0. The molecule has 0 aliphatic rings. The summed E-state index contributed by atoms with van der Waals surface area (Å²) in [5.41, 5.74) is 4.74. The zero-order valence-electron chi connectivity index (χ0n) is 2.68. The number of hydrogen-bond acceptors (Lipinski definition) is 1. The molecule has 0 aromatic rings. The van der Waals surface area contributed by atoms with Gasteiger partial charge in [0.1, 0.15) is 0 Å². The van der Waals surface area contributed by atoms with Crippen molar-refractivity contribution < 1.29 is 0 Å². The fourth-order valence-electron chi connectivity index (χ4n) is 0.0430. The molecule has 0 spiro atoms. The van der Waals surface area contributed by atoms with Crippen LogP contribution in [0.25, 0.3) is 4.85 Å². The summed E-state index contributed by atoms with van der Waals surface area (Å²) in [6.07, 6.45) is 2.40. The Morgan fingerprint density at radius 1 is 1.80 bits per heavy atom. The normalized spacial score (nSPS) is 7.80. The van der Waals surface area contributed by atoms with Crippen molar-refractivity contribution in [1.29, 1.82) is 0 Å². The van der Waals surface area contributed by atoms with Crippen LogP contribution in [0.15, 0.2) is 12.4 Å². The number of nitrogens with zero attached hydrogens (tertiary/aromatic N) is 1. The molecule has 0 aromatic carbocycles. The number of hydrogen-bond donors (Lipinski definition) is 1. The molecule has 0 fully saturated rings. The summed E-state index contributed by atoms with van der Waals surface area (Å²) in [5, 5.41) is 0. The summed E-state index contributed by atoms with van der Waals surface area (Å²) in [6.45, 7) is 6.06. The third-order valence-electron chi connectivity index (χ3n) is 0.161. The highest BCUT2D eigenvalue weighted by molar-refractivity contribution is 4.84. The molecule has 0 radical (unpaired) electrons. The van der Waals surface area contributed by atoms with E-state index in [0.717, 1.165) is 0 Å². The van der Waals surface area contributed by atoms with Gasteiger partial charge in [-0.3, -0.25) is 0 Å². The van der Waals surface area contributed by atoms with E-state index in [0.29, 0.717) is 0 Å². The molecule has 0 heterocycles. The van der Waals surface area contributed by atoms with Gasteiger partial charge >= 0.3 is 0 Å². The number of nitrogens with two attached hydrogens (primary N) is 1. The monoisotopic (exact) mass is 68.0 g/mol. The Hall–Kier alpha value is -0.970. The van der Waals surface area contributed by atoms with E-state index in [2.05, 4.69) is 4.85 Å². The van der Waals surface area contributed by atoms with Gasteiger partial charge < -0.3 is 5.73 Å². The van der Waals surface area contributed by atoms with E-state index in [4.69, 9.17) is 12.3 Å². The Balaban J connectivity index is 3.04. The summed E-state index contributed by atoms with van der Waals surface area (Å²) in [4.78, 5) is 2.80. The van der Waals surface area contributed by atoms with E-state index < -0.39 is 0 Å². The van der Waals surface area contributed by atoms with Crippen LogP contribution in [0.4, 0.5) is 0 Å². The first-order valence-corrected chi connectivity index (χ1v) is 1.15. The molecule has 0 saturated heterocycles. The molecule has 0 aliphatic carbocycles. The van der Waals surface area contributed by atoms with Gasteiger partial charge in [0.05, 0.1) is 6.57 Å². The molecule has 0 unspecified atom stereocenters. The van der Waals surface area contributed by atoms with E-state index in [1.54, 1.807) is 0 Å². The molecule has 0 aliphatic heterocycles. The van der Waals surface area contributed by atoms with Gasteiger partial charge in [0.2, 0.25) is 0 Å². The van der Waals surface area contributed by atoms with E-state index in [1.807, 2.05) is 0 Å². The van der Waals surface area contributed by atoms with Gasteiger partial charge in [-0.1, -0.05) is 0 Å². The summed E-state index contributed by atoms with van der Waals surface area (Å²) in [5.74, 6) is 0. The molecule has 0 atom stereocenters. The molecule has 2 N–H and O–H groups in total. The second-order valence-corrected chi connectivity index (χ2v) is 0.471. The smallest absolute Gasteiger partial charge is 0.169 e. The van der Waals surface area contributed by atoms with Crippen LogP contribution in [0.2, 0.25) is 0 Å². The Labute approximate surface area is 30.7 Å². The first-order valence-electron chi connectivity index (χ1n) is 1.15. The van der Waals surface area contributed by atoms with E-state index in [1.165, 1.54) is 12.4 Å². The van der Waals surface area contributed by atoms with Crippen molar-refractivity contribution in [1.82, 2.24) is 0 Å². The highest BCUT2D eigenvalue weighted by atomic mass is 14.6. The van der Waals surface area contributed by atoms with Crippen LogP contribution < -0.4 is 5.73 Å². The van der Waals surface area contributed by atoms with Crippen molar-refractivity contribution in [2.45, 2.75) is 0 Å². The van der Waals surface area contributed by atoms with Crippen LogP contribution in [0.3, 0.4) is 0 Å². The quantitative estimate of drug-likeness (QED) is 0.407. The van der Waals surface area contributed by atoms with Crippen LogP contribution in [0, 0.1) is 6.57 Å². The fraction of sp³-hybridized carbons (Fsp3) is 0. The molecule has 2 heteroatoms. The van der Waals surface area contributed by atoms with Gasteiger partial charge in [-0.2, -0.15) is 0 Å². The van der Waals surface area contributed by atoms with Gasteiger partial charge in [0.25, 0.3) is 0 Å². The van der Waals surface area contributed by atoms with Crippen LogP contribution in [-0.2, 0) is 0 Å². The minimum Gasteiger partial charge on any atom is -0.414 e. The second kappa shape index (κ2) is 3.03. The average Bonchev–Trinajstić information content (AvgIpc) is 1.41. The SMILES string of the molecule is [C-]#[N+]/C=C\N. The predicted molar refractivity (Wildman–Crippen MR) is 19.9 cm³/mol.